The number of carbonyl (C=O) groups excluding carboxylic acids is 2. The van der Waals surface area contributed by atoms with Crippen molar-refractivity contribution in [3.05, 3.63) is 35.1 Å². The molecular formula is C15H16ClN5O2. The number of rotatable bonds is 3. The number of nitriles is 1. The topological polar surface area (TPSA) is 89.3 Å². The molecule has 7 nitrogen and oxygen atoms in total. The van der Waals surface area contributed by atoms with Gasteiger partial charge in [0.2, 0.25) is 5.91 Å². The van der Waals surface area contributed by atoms with Crippen molar-refractivity contribution in [2.24, 2.45) is 0 Å². The second-order valence-electron chi connectivity index (χ2n) is 4.97. The summed E-state index contributed by atoms with van der Waals surface area (Å²) in [5, 5.41) is 12.5. The molecule has 1 aromatic rings. The first-order chi connectivity index (χ1) is 11.0. The second-order valence-corrected chi connectivity index (χ2v) is 5.41. The number of pyridine rings is 1. The number of amides is 2. The van der Waals surface area contributed by atoms with Crippen LogP contribution in [-0.4, -0.2) is 52.8 Å². The molecule has 23 heavy (non-hydrogen) atoms. The molecule has 120 valence electrons. The summed E-state index contributed by atoms with van der Waals surface area (Å²) in [6.07, 6.45) is 2.84. The highest BCUT2D eigenvalue weighted by atomic mass is 35.5. The number of hydrogen-bond acceptors (Lipinski definition) is 5. The zero-order valence-electron chi connectivity index (χ0n) is 12.6. The predicted octanol–water partition coefficient (Wildman–Crippen LogP) is 1.25. The first-order valence-corrected chi connectivity index (χ1v) is 7.42. The number of nitrogens with one attached hydrogen (secondary N) is 1. The van der Waals surface area contributed by atoms with Crippen molar-refractivity contribution < 1.29 is 9.59 Å². The van der Waals surface area contributed by atoms with E-state index >= 15 is 0 Å². The van der Waals surface area contributed by atoms with Crippen molar-refractivity contribution in [2.75, 3.05) is 31.5 Å². The van der Waals surface area contributed by atoms with Gasteiger partial charge >= 0.3 is 0 Å². The zero-order valence-corrected chi connectivity index (χ0v) is 13.4. The number of aromatic nitrogens is 1. The molecule has 0 bridgehead atoms. The summed E-state index contributed by atoms with van der Waals surface area (Å²) in [4.78, 5) is 30.9. The molecule has 1 N–H and O–H groups in total. The van der Waals surface area contributed by atoms with Gasteiger partial charge in [-0.3, -0.25) is 9.59 Å². The summed E-state index contributed by atoms with van der Waals surface area (Å²) >= 11 is 5.84. The molecule has 2 heterocycles. The normalized spacial score (nSPS) is 15.1. The third-order valence-electron chi connectivity index (χ3n) is 3.45. The van der Waals surface area contributed by atoms with Crippen LogP contribution in [-0.2, 0) is 9.59 Å². The highest BCUT2D eigenvalue weighted by Gasteiger charge is 2.24. The fraction of sp³-hybridized carbons (Fsp3) is 0.333. The molecule has 2 amide bonds. The first kappa shape index (κ1) is 16.8. The fourth-order valence-electron chi connectivity index (χ4n) is 2.17. The smallest absolute Gasteiger partial charge is 0.266 e. The number of piperazine rings is 1. The Morgan fingerprint density at radius 1 is 1.35 bits per heavy atom. The van der Waals surface area contributed by atoms with Crippen molar-refractivity contribution in [2.45, 2.75) is 6.92 Å². The van der Waals surface area contributed by atoms with Crippen LogP contribution < -0.4 is 5.32 Å². The first-order valence-electron chi connectivity index (χ1n) is 7.04. The molecular weight excluding hydrogens is 318 g/mol. The fourth-order valence-corrected chi connectivity index (χ4v) is 2.33. The number of anilines is 1. The molecule has 1 fully saturated rings. The highest BCUT2D eigenvalue weighted by molar-refractivity contribution is 6.30. The van der Waals surface area contributed by atoms with Crippen LogP contribution in [0.15, 0.2) is 30.1 Å². The third-order valence-corrected chi connectivity index (χ3v) is 3.68. The third kappa shape index (κ3) is 4.44. The molecule has 0 aromatic carbocycles. The molecule has 1 saturated heterocycles. The van der Waals surface area contributed by atoms with Crippen LogP contribution in [0.5, 0.6) is 0 Å². The molecule has 1 aliphatic heterocycles. The van der Waals surface area contributed by atoms with Gasteiger partial charge in [-0.25, -0.2) is 4.98 Å². The average Bonchev–Trinajstić information content (AvgIpc) is 2.55. The summed E-state index contributed by atoms with van der Waals surface area (Å²) in [6.45, 7) is 3.27. The molecule has 0 atom stereocenters. The summed E-state index contributed by atoms with van der Waals surface area (Å²) in [5.74, 6) is 0.0616. The Morgan fingerprint density at radius 3 is 2.57 bits per heavy atom. The molecule has 1 aliphatic rings. The van der Waals surface area contributed by atoms with E-state index in [2.05, 4.69) is 10.3 Å². The van der Waals surface area contributed by atoms with Gasteiger partial charge < -0.3 is 15.1 Å². The average molecular weight is 334 g/mol. The van der Waals surface area contributed by atoms with Crippen LogP contribution in [0.1, 0.15) is 6.92 Å². The molecule has 8 heteroatoms. The van der Waals surface area contributed by atoms with E-state index in [0.29, 0.717) is 37.0 Å². The second kappa shape index (κ2) is 7.61. The number of nitrogens with zero attached hydrogens (tertiary/aromatic N) is 4. The van der Waals surface area contributed by atoms with E-state index in [1.165, 1.54) is 19.3 Å². The minimum atomic E-state index is -0.370. The van der Waals surface area contributed by atoms with Gasteiger partial charge in [0.15, 0.2) is 0 Å². The standard InChI is InChI=1S/C15H16ClN5O2/c1-11(22)20-4-6-21(7-5-20)15(23)12(9-17)10-19-14-8-13(16)2-3-18-14/h2-3,8,10H,4-7H2,1H3,(H,18,19)/b12-10-. The van der Waals surface area contributed by atoms with Crippen LogP contribution in [0.25, 0.3) is 0 Å². The van der Waals surface area contributed by atoms with Gasteiger partial charge in [0.25, 0.3) is 5.91 Å². The molecule has 1 aromatic heterocycles. The van der Waals surface area contributed by atoms with Gasteiger partial charge in [-0.2, -0.15) is 5.26 Å². The van der Waals surface area contributed by atoms with Gasteiger partial charge in [-0.1, -0.05) is 11.6 Å². The van der Waals surface area contributed by atoms with Gasteiger partial charge in [0.05, 0.1) is 0 Å². The van der Waals surface area contributed by atoms with Crippen molar-refractivity contribution in [3.63, 3.8) is 0 Å². The van der Waals surface area contributed by atoms with E-state index in [4.69, 9.17) is 11.6 Å². The van der Waals surface area contributed by atoms with Crippen LogP contribution in [0.2, 0.25) is 5.02 Å². The molecule has 0 radical (unpaired) electrons. The van der Waals surface area contributed by atoms with Crippen LogP contribution in [0.3, 0.4) is 0 Å². The molecule has 0 spiro atoms. The Hall–Kier alpha value is -2.59. The lowest BCUT2D eigenvalue weighted by atomic mass is 10.2. The lowest BCUT2D eigenvalue weighted by Gasteiger charge is -2.34. The Bertz CT molecular complexity index is 675. The molecule has 0 unspecified atom stereocenters. The van der Waals surface area contributed by atoms with Gasteiger partial charge in [0.1, 0.15) is 17.5 Å². The van der Waals surface area contributed by atoms with Crippen LogP contribution >= 0.6 is 11.6 Å². The summed E-state index contributed by atoms with van der Waals surface area (Å²) < 4.78 is 0. The van der Waals surface area contributed by atoms with E-state index in [9.17, 15) is 14.9 Å². The van der Waals surface area contributed by atoms with Crippen LogP contribution in [0.4, 0.5) is 5.82 Å². The largest absolute Gasteiger partial charge is 0.345 e. The van der Waals surface area contributed by atoms with E-state index in [1.807, 2.05) is 6.07 Å². The van der Waals surface area contributed by atoms with E-state index in [-0.39, 0.29) is 17.4 Å². The number of carbonyl (C=O) groups is 2. The maximum Gasteiger partial charge on any atom is 0.266 e. The lowest BCUT2D eigenvalue weighted by Crippen LogP contribution is -2.50. The predicted molar refractivity (Wildman–Crippen MR) is 85.4 cm³/mol. The highest BCUT2D eigenvalue weighted by Crippen LogP contribution is 2.13. The summed E-state index contributed by atoms with van der Waals surface area (Å²) in [5.41, 5.74) is -0.0250. The zero-order chi connectivity index (χ0) is 16.8. The van der Waals surface area contributed by atoms with Crippen molar-refractivity contribution in [1.29, 1.82) is 5.26 Å². The van der Waals surface area contributed by atoms with Crippen molar-refractivity contribution >= 4 is 29.2 Å². The Morgan fingerprint density at radius 2 is 2.00 bits per heavy atom. The Labute approximate surface area is 139 Å². The van der Waals surface area contributed by atoms with Crippen molar-refractivity contribution in [1.82, 2.24) is 14.8 Å². The SMILES string of the molecule is CC(=O)N1CCN(C(=O)/C(C#N)=C\Nc2cc(Cl)ccn2)CC1. The summed E-state index contributed by atoms with van der Waals surface area (Å²) in [7, 11) is 0. The maximum atomic E-state index is 12.3. The van der Waals surface area contributed by atoms with Gasteiger partial charge in [0, 0.05) is 50.5 Å². The minimum absolute atomic E-state index is 0.0122. The van der Waals surface area contributed by atoms with E-state index in [0.717, 1.165) is 0 Å². The molecule has 0 aliphatic carbocycles. The Kier molecular flexibility index (Phi) is 5.55. The quantitative estimate of drug-likeness (QED) is 0.664. The number of halogens is 1. The van der Waals surface area contributed by atoms with E-state index < -0.39 is 0 Å². The lowest BCUT2D eigenvalue weighted by molar-refractivity contribution is -0.136. The Balaban J connectivity index is 2.00. The summed E-state index contributed by atoms with van der Waals surface area (Å²) in [6, 6.07) is 5.10. The van der Waals surface area contributed by atoms with Crippen molar-refractivity contribution in [3.8, 4) is 6.07 Å². The monoisotopic (exact) mass is 333 g/mol. The van der Waals surface area contributed by atoms with E-state index in [1.54, 1.807) is 21.9 Å². The minimum Gasteiger partial charge on any atom is -0.345 e. The molecule has 0 saturated carbocycles. The maximum absolute atomic E-state index is 12.3. The van der Waals surface area contributed by atoms with Gasteiger partial charge in [-0.05, 0) is 12.1 Å². The van der Waals surface area contributed by atoms with Gasteiger partial charge in [-0.15, -0.1) is 0 Å². The molecule has 2 rings (SSSR count). The van der Waals surface area contributed by atoms with Crippen LogP contribution in [0, 0.1) is 11.3 Å². The number of hydrogen-bond donors (Lipinski definition) is 1.